The lowest BCUT2D eigenvalue weighted by atomic mass is 9.85. The van der Waals surface area contributed by atoms with E-state index in [2.05, 4.69) is 10.5 Å². The SMILES string of the molecule is COc1cc([N+](=O)[O-])ccc1-n1c(C)cc(/C=N/NC(=O)C(O)(c2ccccc2)c2ccccc2)c1C. The number of hydrazone groups is 1. The maximum Gasteiger partial charge on any atom is 0.281 e. The van der Waals surface area contributed by atoms with Gasteiger partial charge in [0.2, 0.25) is 0 Å². The molecule has 0 saturated carbocycles. The number of nitrogens with one attached hydrogen (secondary N) is 1. The molecule has 0 fully saturated rings. The van der Waals surface area contributed by atoms with Crippen molar-refractivity contribution in [2.75, 3.05) is 7.11 Å². The Morgan fingerprint density at radius 3 is 2.16 bits per heavy atom. The molecule has 4 aromatic rings. The molecular weight excluding hydrogens is 472 g/mol. The predicted molar refractivity (Wildman–Crippen MR) is 140 cm³/mol. The van der Waals surface area contributed by atoms with Gasteiger partial charge in [0.1, 0.15) is 5.75 Å². The van der Waals surface area contributed by atoms with Gasteiger partial charge in [-0.1, -0.05) is 60.7 Å². The van der Waals surface area contributed by atoms with Crippen molar-refractivity contribution in [1.82, 2.24) is 9.99 Å². The summed E-state index contributed by atoms with van der Waals surface area (Å²) in [6, 6.07) is 23.6. The van der Waals surface area contributed by atoms with Gasteiger partial charge in [-0.25, -0.2) is 5.43 Å². The molecule has 0 spiro atoms. The quantitative estimate of drug-likeness (QED) is 0.212. The molecule has 4 rings (SSSR count). The molecule has 0 aliphatic heterocycles. The lowest BCUT2D eigenvalue weighted by molar-refractivity contribution is -0.384. The molecule has 3 aromatic carbocycles. The molecule has 0 aliphatic carbocycles. The second-order valence-electron chi connectivity index (χ2n) is 8.42. The predicted octanol–water partition coefficient (Wildman–Crippen LogP) is 4.40. The number of amides is 1. The van der Waals surface area contributed by atoms with Crippen LogP contribution in [-0.4, -0.2) is 33.8 Å². The van der Waals surface area contributed by atoms with E-state index < -0.39 is 16.4 Å². The molecule has 2 N–H and O–H groups in total. The topological polar surface area (TPSA) is 119 Å². The van der Waals surface area contributed by atoms with E-state index in [1.807, 2.05) is 24.5 Å². The van der Waals surface area contributed by atoms with Crippen LogP contribution in [0, 0.1) is 24.0 Å². The van der Waals surface area contributed by atoms with Crippen molar-refractivity contribution >= 4 is 17.8 Å². The van der Waals surface area contributed by atoms with Gasteiger partial charge in [0.05, 0.1) is 30.0 Å². The zero-order valence-electron chi connectivity index (χ0n) is 20.6. The van der Waals surface area contributed by atoms with E-state index in [0.717, 1.165) is 11.4 Å². The van der Waals surface area contributed by atoms with Crippen LogP contribution < -0.4 is 10.2 Å². The van der Waals surface area contributed by atoms with Crippen LogP contribution in [0.1, 0.15) is 28.1 Å². The number of hydrogen-bond acceptors (Lipinski definition) is 6. The van der Waals surface area contributed by atoms with Crippen molar-refractivity contribution in [3.05, 3.63) is 123 Å². The summed E-state index contributed by atoms with van der Waals surface area (Å²) in [6.45, 7) is 3.74. The third-order valence-electron chi connectivity index (χ3n) is 6.17. The summed E-state index contributed by atoms with van der Waals surface area (Å²) in [5.41, 5.74) is 4.25. The smallest absolute Gasteiger partial charge is 0.281 e. The Kier molecular flexibility index (Phi) is 7.17. The van der Waals surface area contributed by atoms with Gasteiger partial charge in [-0.05, 0) is 37.1 Å². The second-order valence-corrected chi connectivity index (χ2v) is 8.42. The van der Waals surface area contributed by atoms with Crippen LogP contribution in [0.5, 0.6) is 5.75 Å². The first-order valence-electron chi connectivity index (χ1n) is 11.5. The van der Waals surface area contributed by atoms with Crippen LogP contribution >= 0.6 is 0 Å². The Balaban J connectivity index is 1.63. The fourth-order valence-corrected chi connectivity index (χ4v) is 4.28. The number of aromatic nitrogens is 1. The van der Waals surface area contributed by atoms with Gasteiger partial charge >= 0.3 is 0 Å². The average Bonchev–Trinajstić information content (AvgIpc) is 3.20. The Bertz CT molecular complexity index is 1420. The van der Waals surface area contributed by atoms with E-state index >= 15 is 0 Å². The minimum absolute atomic E-state index is 0.0723. The first-order chi connectivity index (χ1) is 17.8. The first-order valence-corrected chi connectivity index (χ1v) is 11.5. The third kappa shape index (κ3) is 4.85. The standard InChI is InChI=1S/C28H26N4O5/c1-19-16-21(20(2)31(19)25-15-14-24(32(35)36)17-26(25)37-3)18-29-30-27(33)28(34,22-10-6-4-7-11-22)23-12-8-5-9-13-23/h4-18,34H,1-3H3,(H,30,33)/b29-18+. The summed E-state index contributed by atoms with van der Waals surface area (Å²) in [6.07, 6.45) is 1.49. The van der Waals surface area contributed by atoms with Crippen molar-refractivity contribution in [2.24, 2.45) is 5.10 Å². The lowest BCUT2D eigenvalue weighted by Crippen LogP contribution is -2.43. The minimum atomic E-state index is -1.94. The molecule has 9 nitrogen and oxygen atoms in total. The molecule has 1 amide bonds. The number of non-ortho nitro benzene ring substituents is 1. The molecule has 0 bridgehead atoms. The average molecular weight is 499 g/mol. The monoisotopic (exact) mass is 498 g/mol. The molecule has 0 unspecified atom stereocenters. The Morgan fingerprint density at radius 1 is 1.03 bits per heavy atom. The number of nitro benzene ring substituents is 1. The third-order valence-corrected chi connectivity index (χ3v) is 6.17. The maximum absolute atomic E-state index is 13.3. The number of methoxy groups -OCH3 is 1. The van der Waals surface area contributed by atoms with Crippen molar-refractivity contribution in [1.29, 1.82) is 0 Å². The zero-order chi connectivity index (χ0) is 26.6. The summed E-state index contributed by atoms with van der Waals surface area (Å²) in [5, 5.41) is 26.8. The molecule has 1 heterocycles. The first kappa shape index (κ1) is 25.3. The summed E-state index contributed by atoms with van der Waals surface area (Å²) in [5.74, 6) is -0.351. The van der Waals surface area contributed by atoms with Gasteiger partial charge in [-0.3, -0.25) is 14.9 Å². The van der Waals surface area contributed by atoms with Gasteiger partial charge in [-0.15, -0.1) is 0 Å². The number of nitro groups is 1. The van der Waals surface area contributed by atoms with E-state index in [0.29, 0.717) is 28.1 Å². The molecule has 37 heavy (non-hydrogen) atoms. The highest BCUT2D eigenvalue weighted by Crippen LogP contribution is 2.32. The summed E-state index contributed by atoms with van der Waals surface area (Å²) < 4.78 is 7.29. The van der Waals surface area contributed by atoms with Crippen LogP contribution in [-0.2, 0) is 10.4 Å². The molecular formula is C28H26N4O5. The Hall–Kier alpha value is -4.76. The van der Waals surface area contributed by atoms with E-state index in [-0.39, 0.29) is 5.69 Å². The lowest BCUT2D eigenvalue weighted by Gasteiger charge is -2.27. The summed E-state index contributed by atoms with van der Waals surface area (Å²) >= 11 is 0. The number of ether oxygens (including phenoxy) is 1. The fraction of sp³-hybridized carbons (Fsp3) is 0.143. The van der Waals surface area contributed by atoms with E-state index in [9.17, 15) is 20.0 Å². The highest BCUT2D eigenvalue weighted by atomic mass is 16.6. The van der Waals surface area contributed by atoms with Gasteiger partial charge in [0.25, 0.3) is 11.6 Å². The van der Waals surface area contributed by atoms with Crippen LogP contribution in [0.25, 0.3) is 5.69 Å². The molecule has 0 aliphatic rings. The van der Waals surface area contributed by atoms with Crippen LogP contribution in [0.2, 0.25) is 0 Å². The van der Waals surface area contributed by atoms with Crippen molar-refractivity contribution in [2.45, 2.75) is 19.4 Å². The van der Waals surface area contributed by atoms with Crippen molar-refractivity contribution in [3.63, 3.8) is 0 Å². The summed E-state index contributed by atoms with van der Waals surface area (Å²) in [7, 11) is 1.45. The van der Waals surface area contributed by atoms with Gasteiger partial charge in [-0.2, -0.15) is 5.10 Å². The minimum Gasteiger partial charge on any atom is -0.494 e. The van der Waals surface area contributed by atoms with Crippen LogP contribution in [0.4, 0.5) is 5.69 Å². The largest absolute Gasteiger partial charge is 0.494 e. The second kappa shape index (κ2) is 10.5. The maximum atomic E-state index is 13.3. The number of rotatable bonds is 8. The number of carbonyl (C=O) groups is 1. The Morgan fingerprint density at radius 2 is 1.62 bits per heavy atom. The molecule has 0 radical (unpaired) electrons. The zero-order valence-corrected chi connectivity index (χ0v) is 20.6. The number of nitrogens with zero attached hydrogens (tertiary/aromatic N) is 3. The number of hydrogen-bond donors (Lipinski definition) is 2. The van der Waals surface area contributed by atoms with Crippen LogP contribution in [0.3, 0.4) is 0 Å². The molecule has 9 heteroatoms. The van der Waals surface area contributed by atoms with E-state index in [1.54, 1.807) is 66.7 Å². The van der Waals surface area contributed by atoms with Gasteiger partial charge in [0.15, 0.2) is 5.60 Å². The van der Waals surface area contributed by atoms with Gasteiger partial charge in [0, 0.05) is 23.0 Å². The molecule has 0 atom stereocenters. The Labute approximate surface area is 213 Å². The summed E-state index contributed by atoms with van der Waals surface area (Å²) in [4.78, 5) is 23.9. The van der Waals surface area contributed by atoms with Gasteiger partial charge < -0.3 is 14.4 Å². The van der Waals surface area contributed by atoms with Crippen LogP contribution in [0.15, 0.2) is 90.0 Å². The van der Waals surface area contributed by atoms with E-state index in [4.69, 9.17) is 4.74 Å². The fourth-order valence-electron chi connectivity index (χ4n) is 4.28. The molecule has 0 saturated heterocycles. The highest BCUT2D eigenvalue weighted by Gasteiger charge is 2.39. The number of aliphatic hydroxyl groups is 1. The van der Waals surface area contributed by atoms with Crippen molar-refractivity contribution < 1.29 is 19.6 Å². The van der Waals surface area contributed by atoms with E-state index in [1.165, 1.54) is 25.5 Å². The number of carbonyl (C=O) groups excluding carboxylic acids is 1. The molecule has 188 valence electrons. The highest BCUT2D eigenvalue weighted by molar-refractivity contribution is 5.91. The van der Waals surface area contributed by atoms with Crippen molar-refractivity contribution in [3.8, 4) is 11.4 Å². The number of aryl methyl sites for hydroxylation is 1. The number of benzene rings is 3. The normalized spacial score (nSPS) is 11.5. The molecule has 1 aromatic heterocycles.